The number of nitrogens with zero attached hydrogens (tertiary/aromatic N) is 1. The molecule has 3 heteroatoms. The summed E-state index contributed by atoms with van der Waals surface area (Å²) < 4.78 is 1.13. The van der Waals surface area contributed by atoms with Gasteiger partial charge in [-0.25, -0.2) is 0 Å². The molecule has 2 rings (SSSR count). The molecule has 0 bridgehead atoms. The normalized spacial score (nSPS) is 17.3. The van der Waals surface area contributed by atoms with Gasteiger partial charge in [-0.3, -0.25) is 0 Å². The quantitative estimate of drug-likeness (QED) is 0.410. The summed E-state index contributed by atoms with van der Waals surface area (Å²) in [6.45, 7) is 1.34. The van der Waals surface area contributed by atoms with Crippen LogP contribution in [0.3, 0.4) is 0 Å². The molecular weight excluding hydrogens is 322 g/mol. The summed E-state index contributed by atoms with van der Waals surface area (Å²) in [5, 5.41) is 0. The number of quaternary nitrogens is 1. The van der Waals surface area contributed by atoms with Crippen molar-refractivity contribution >= 4 is 0 Å². The molecule has 2 saturated carbocycles. The summed E-state index contributed by atoms with van der Waals surface area (Å²) in [6, 6.07) is 0. The van der Waals surface area contributed by atoms with Crippen molar-refractivity contribution in [2.75, 3.05) is 27.7 Å². The van der Waals surface area contributed by atoms with E-state index < -0.39 is 0 Å². The van der Waals surface area contributed by atoms with E-state index in [0.717, 1.165) is 10.4 Å². The first kappa shape index (κ1) is 29.7. The molecule has 0 saturated heterocycles. The van der Waals surface area contributed by atoms with Gasteiger partial charge in [0.25, 0.3) is 0 Å². The molecule has 0 N–H and O–H groups in total. The Balaban J connectivity index is -0.000000140. The zero-order valence-electron chi connectivity index (χ0n) is 15.2. The van der Waals surface area contributed by atoms with Crippen molar-refractivity contribution in [2.24, 2.45) is 5.92 Å². The molecule has 2 fully saturated rings. The third-order valence-corrected chi connectivity index (χ3v) is 4.17. The van der Waals surface area contributed by atoms with Gasteiger partial charge in [-0.2, -0.15) is 0 Å². The van der Waals surface area contributed by atoms with Gasteiger partial charge in [-0.15, -0.1) is 0 Å². The summed E-state index contributed by atoms with van der Waals surface area (Å²) in [5.74, 6) is 1.08. The van der Waals surface area contributed by atoms with E-state index in [-0.39, 0.29) is 44.3 Å². The minimum atomic E-state index is 0. The van der Waals surface area contributed by atoms with E-state index in [1.807, 2.05) is 0 Å². The van der Waals surface area contributed by atoms with Crippen LogP contribution >= 0.6 is 0 Å². The molecule has 0 aromatic carbocycles. The second-order valence-corrected chi connectivity index (χ2v) is 7.07. The first-order valence-electron chi connectivity index (χ1n) is 7.88. The van der Waals surface area contributed by atoms with Crippen LogP contribution < -0.4 is 12.4 Å². The summed E-state index contributed by atoms with van der Waals surface area (Å²) in [4.78, 5) is 0. The van der Waals surface area contributed by atoms with Crippen LogP contribution in [-0.4, -0.2) is 32.2 Å². The molecule has 0 unspecified atom stereocenters. The maximum Gasteiger partial charge on any atom is 2.00 e. The van der Waals surface area contributed by atoms with Gasteiger partial charge in [-0.1, -0.05) is 57.8 Å². The van der Waals surface area contributed by atoms with E-state index >= 15 is 0 Å². The van der Waals surface area contributed by atoms with Crippen LogP contribution in [0.2, 0.25) is 0 Å². The molecule has 1 nitrogen and oxygen atoms in total. The third-order valence-electron chi connectivity index (χ3n) is 4.17. The molecule has 0 aromatic heterocycles. The number of halogens is 1. The largest absolute Gasteiger partial charge is 2.00 e. The second-order valence-electron chi connectivity index (χ2n) is 7.07. The van der Waals surface area contributed by atoms with E-state index in [0.29, 0.717) is 0 Å². The van der Waals surface area contributed by atoms with Crippen molar-refractivity contribution in [3.63, 3.8) is 0 Å². The van der Waals surface area contributed by atoms with Crippen LogP contribution in [0.5, 0.6) is 0 Å². The van der Waals surface area contributed by atoms with E-state index in [1.165, 1.54) is 77.2 Å². The molecule has 0 spiro atoms. The fraction of sp³-hybridized carbons (Fsp3) is 0.889. The molecule has 2 aliphatic carbocycles. The molecule has 0 aromatic rings. The molecule has 2 aliphatic rings. The topological polar surface area (TPSA) is 0 Å². The van der Waals surface area contributed by atoms with E-state index in [4.69, 9.17) is 0 Å². The standard InChI is InChI=1S/C11H24N.C5H10.2CH3.ClH.Fe/c1-12(2,3)10-6-9-11-7-4-5-8-11;1-2-4-5-3-1;;;;/h11H,4-10H2,1-3H3;1-5H2;2*1H3;1H;/q+1;;2*-1;;+2/p-1. The molecule has 0 aliphatic heterocycles. The van der Waals surface area contributed by atoms with Gasteiger partial charge in [-0.05, 0) is 18.8 Å². The van der Waals surface area contributed by atoms with Crippen molar-refractivity contribution in [1.29, 1.82) is 0 Å². The smallest absolute Gasteiger partial charge is 1.00 e. The van der Waals surface area contributed by atoms with Gasteiger partial charge in [0.2, 0.25) is 0 Å². The predicted octanol–water partition coefficient (Wildman–Crippen LogP) is 2.52. The Morgan fingerprint density at radius 1 is 0.762 bits per heavy atom. The van der Waals surface area contributed by atoms with Crippen molar-refractivity contribution in [3.8, 4) is 0 Å². The van der Waals surface area contributed by atoms with E-state index in [2.05, 4.69) is 21.1 Å². The molecule has 0 atom stereocenters. The Morgan fingerprint density at radius 2 is 1.14 bits per heavy atom. The van der Waals surface area contributed by atoms with Crippen molar-refractivity contribution < 1.29 is 34.0 Å². The van der Waals surface area contributed by atoms with E-state index in [1.54, 1.807) is 0 Å². The molecule has 0 radical (unpaired) electrons. The van der Waals surface area contributed by atoms with Crippen LogP contribution in [0.25, 0.3) is 0 Å². The molecule has 21 heavy (non-hydrogen) atoms. The van der Waals surface area contributed by atoms with Crippen LogP contribution in [0.1, 0.15) is 70.6 Å². The molecule has 132 valence electrons. The van der Waals surface area contributed by atoms with Gasteiger partial charge in [0.05, 0.1) is 27.7 Å². The maximum atomic E-state index is 2.29. The molecular formula is C18H40ClFeN. The SMILES string of the molecule is C1CCCC1.C[N+](C)(C)CCCC1CCCC1.[CH3-].[CH3-].[Cl-].[Fe+2]. The van der Waals surface area contributed by atoms with Crippen LogP contribution in [0, 0.1) is 20.8 Å². The number of rotatable bonds is 4. The summed E-state index contributed by atoms with van der Waals surface area (Å²) in [5.41, 5.74) is 0. The fourth-order valence-electron chi connectivity index (χ4n) is 3.04. The Hall–Kier alpha value is 0.769. The predicted molar refractivity (Wildman–Crippen MR) is 90.0 cm³/mol. The van der Waals surface area contributed by atoms with Gasteiger partial charge in [0, 0.05) is 0 Å². The summed E-state index contributed by atoms with van der Waals surface area (Å²) in [7, 11) is 6.86. The minimum Gasteiger partial charge on any atom is -1.00 e. The van der Waals surface area contributed by atoms with Crippen molar-refractivity contribution in [1.82, 2.24) is 0 Å². The average molecular weight is 362 g/mol. The van der Waals surface area contributed by atoms with E-state index in [9.17, 15) is 0 Å². The summed E-state index contributed by atoms with van der Waals surface area (Å²) >= 11 is 0. The number of hydrogen-bond donors (Lipinski definition) is 0. The van der Waals surface area contributed by atoms with Crippen LogP contribution in [-0.2, 0) is 17.1 Å². The molecule has 0 amide bonds. The zero-order valence-corrected chi connectivity index (χ0v) is 17.1. The Labute approximate surface area is 153 Å². The van der Waals surface area contributed by atoms with Crippen molar-refractivity contribution in [2.45, 2.75) is 70.6 Å². The van der Waals surface area contributed by atoms with Gasteiger partial charge in [0.15, 0.2) is 0 Å². The average Bonchev–Trinajstić information content (AvgIpc) is 2.91. The summed E-state index contributed by atoms with van der Waals surface area (Å²) in [6.07, 6.45) is 16.4. The van der Waals surface area contributed by atoms with Crippen LogP contribution in [0.4, 0.5) is 0 Å². The first-order valence-corrected chi connectivity index (χ1v) is 7.88. The molecule has 0 heterocycles. The Kier molecular flexibility index (Phi) is 24.3. The third kappa shape index (κ3) is 18.7. The maximum absolute atomic E-state index is 2.29. The Bertz CT molecular complexity index is 175. The second kappa shape index (κ2) is 17.1. The Morgan fingerprint density at radius 3 is 1.48 bits per heavy atom. The zero-order chi connectivity index (χ0) is 12.6. The monoisotopic (exact) mass is 361 g/mol. The van der Waals surface area contributed by atoms with Gasteiger partial charge in [0.1, 0.15) is 0 Å². The number of hydrogen-bond acceptors (Lipinski definition) is 0. The first-order chi connectivity index (χ1) is 8.08. The fourth-order valence-corrected chi connectivity index (χ4v) is 3.04. The minimum absolute atomic E-state index is 0. The van der Waals surface area contributed by atoms with Crippen LogP contribution in [0.15, 0.2) is 0 Å². The van der Waals surface area contributed by atoms with Crippen molar-refractivity contribution in [3.05, 3.63) is 14.9 Å². The van der Waals surface area contributed by atoms with Gasteiger partial charge >= 0.3 is 17.1 Å². The van der Waals surface area contributed by atoms with Gasteiger partial charge < -0.3 is 31.7 Å².